The normalized spacial score (nSPS) is 15.2. The molecular weight excluding hydrogens is 579 g/mol. The molecule has 0 fully saturated rings. The Labute approximate surface area is 270 Å². The van der Waals surface area contributed by atoms with Crippen LogP contribution in [0.4, 0.5) is 0 Å². The highest BCUT2D eigenvalue weighted by Gasteiger charge is 2.51. The van der Waals surface area contributed by atoms with E-state index in [9.17, 15) is 14.5 Å². The maximum atomic E-state index is 12.6. The van der Waals surface area contributed by atoms with Crippen molar-refractivity contribution in [3.05, 3.63) is 35.9 Å². The van der Waals surface area contributed by atoms with Crippen LogP contribution < -0.4 is 0 Å². The SMILES string of the molecule is CCCCCCCCCCCCC(CCCCCCCC)CC(S)OC(CC)OC(O)([PH+]=O)C(=O)OCc1ccccc1. The van der Waals surface area contributed by atoms with E-state index in [1.54, 1.807) is 12.1 Å². The van der Waals surface area contributed by atoms with Crippen LogP contribution in [-0.4, -0.2) is 28.3 Å². The molecule has 1 aromatic carbocycles. The second-order valence-electron chi connectivity index (χ2n) is 12.0. The lowest BCUT2D eigenvalue weighted by atomic mass is 9.91. The van der Waals surface area contributed by atoms with Crippen LogP contribution in [-0.2, 0) is 30.2 Å². The molecule has 1 aromatic rings. The van der Waals surface area contributed by atoms with E-state index in [0.29, 0.717) is 12.3 Å². The van der Waals surface area contributed by atoms with Crippen LogP contribution in [0.2, 0.25) is 0 Å². The lowest BCUT2D eigenvalue weighted by molar-refractivity contribution is -0.259. The molecule has 1 rings (SSSR count). The molecule has 43 heavy (non-hydrogen) atoms. The minimum Gasteiger partial charge on any atom is -0.453 e. The van der Waals surface area contributed by atoms with Gasteiger partial charge in [0, 0.05) is 0 Å². The molecule has 0 aromatic heterocycles. The number of aliphatic hydroxyl groups is 1. The number of ether oxygens (including phenoxy) is 3. The van der Waals surface area contributed by atoms with E-state index in [1.165, 1.54) is 103 Å². The summed E-state index contributed by atoms with van der Waals surface area (Å²) in [6.07, 6.45) is 23.4. The molecule has 0 aliphatic heterocycles. The van der Waals surface area contributed by atoms with Gasteiger partial charge in [0.05, 0.1) is 0 Å². The molecule has 1 N–H and O–H groups in total. The van der Waals surface area contributed by atoms with Gasteiger partial charge in [-0.3, -0.25) is 4.74 Å². The zero-order valence-corrected chi connectivity index (χ0v) is 29.3. The number of carbonyl (C=O) groups is 1. The summed E-state index contributed by atoms with van der Waals surface area (Å²) in [5.74, 6) is -0.597. The fourth-order valence-corrected chi connectivity index (χ4v) is 6.13. The first-order chi connectivity index (χ1) is 20.9. The first-order valence-electron chi connectivity index (χ1n) is 17.2. The van der Waals surface area contributed by atoms with Gasteiger partial charge in [-0.05, 0) is 24.3 Å². The van der Waals surface area contributed by atoms with Crippen LogP contribution in [0, 0.1) is 5.92 Å². The van der Waals surface area contributed by atoms with E-state index >= 15 is 0 Å². The number of hydrogen-bond acceptors (Lipinski definition) is 7. The van der Waals surface area contributed by atoms with Gasteiger partial charge in [-0.1, -0.05) is 171 Å². The molecule has 0 heterocycles. The average molecular weight is 642 g/mol. The minimum absolute atomic E-state index is 0.0538. The third-order valence-electron chi connectivity index (χ3n) is 8.04. The number of thiol groups is 1. The Kier molecular flexibility index (Phi) is 24.5. The van der Waals surface area contributed by atoms with E-state index in [1.807, 2.05) is 25.1 Å². The second kappa shape index (κ2) is 26.3. The Bertz CT molecular complexity index is 813. The first-order valence-corrected chi connectivity index (χ1v) is 18.6. The maximum Gasteiger partial charge on any atom is 0.472 e. The summed E-state index contributed by atoms with van der Waals surface area (Å²) in [5.41, 5.74) is -2.25. The van der Waals surface area contributed by atoms with Gasteiger partial charge in [0.25, 0.3) is 0 Å². The molecular formula is C35H62O6PS+. The summed E-state index contributed by atoms with van der Waals surface area (Å²) in [5, 5.41) is 10.7. The Morgan fingerprint density at radius 1 is 0.814 bits per heavy atom. The highest BCUT2D eigenvalue weighted by atomic mass is 32.1. The zero-order chi connectivity index (χ0) is 31.6. The van der Waals surface area contributed by atoms with E-state index in [0.717, 1.165) is 24.8 Å². The summed E-state index contributed by atoms with van der Waals surface area (Å²) < 4.78 is 28.7. The number of carbonyl (C=O) groups excluding carboxylic acids is 1. The highest BCUT2D eigenvalue weighted by molar-refractivity contribution is 7.80. The number of benzene rings is 1. The molecule has 0 saturated heterocycles. The average Bonchev–Trinajstić information content (AvgIpc) is 3.02. The predicted octanol–water partition coefficient (Wildman–Crippen LogP) is 10.5. The van der Waals surface area contributed by atoms with Crippen LogP contribution in [0.1, 0.15) is 155 Å². The van der Waals surface area contributed by atoms with E-state index in [4.69, 9.17) is 26.8 Å². The number of esters is 1. The molecule has 0 spiro atoms. The lowest BCUT2D eigenvalue weighted by Crippen LogP contribution is -2.42. The van der Waals surface area contributed by atoms with Crippen LogP contribution in [0.5, 0.6) is 0 Å². The third-order valence-corrected chi connectivity index (χ3v) is 8.97. The predicted molar refractivity (Wildman–Crippen MR) is 182 cm³/mol. The first kappa shape index (κ1) is 40.0. The molecule has 0 aliphatic carbocycles. The summed E-state index contributed by atoms with van der Waals surface area (Å²) in [4.78, 5) is 12.6. The molecule has 8 heteroatoms. The fourth-order valence-electron chi connectivity index (χ4n) is 5.36. The van der Waals surface area contributed by atoms with Crippen LogP contribution in [0.25, 0.3) is 0 Å². The maximum absolute atomic E-state index is 12.6. The van der Waals surface area contributed by atoms with Crippen molar-refractivity contribution in [2.75, 3.05) is 0 Å². The molecule has 5 unspecified atom stereocenters. The van der Waals surface area contributed by atoms with E-state index in [-0.39, 0.29) is 6.61 Å². The van der Waals surface area contributed by atoms with Gasteiger partial charge in [0.2, 0.25) is 0 Å². The van der Waals surface area contributed by atoms with Gasteiger partial charge in [0.1, 0.15) is 12.0 Å². The van der Waals surface area contributed by atoms with E-state index < -0.39 is 31.7 Å². The standard InChI is InChI=1S/C35H61O6PS/c1-4-7-9-11-13-14-15-16-18-21-25-30(24-20-17-12-10-8-5-2)28-33(43)40-32(6-3)41-35(37,42-38)34(36)39-29-31-26-22-19-23-27-31/h19,22-23,26-27,30,32-33,37,43H,4-18,20-21,24-25,28-29H2,1-3H3/p+1. The Morgan fingerprint density at radius 2 is 1.30 bits per heavy atom. The molecule has 248 valence electrons. The van der Waals surface area contributed by atoms with Crippen molar-refractivity contribution < 1.29 is 28.7 Å². The van der Waals surface area contributed by atoms with Crippen molar-refractivity contribution >= 4 is 27.1 Å². The van der Waals surface area contributed by atoms with Gasteiger partial charge in [-0.2, -0.15) is 0 Å². The number of rotatable bonds is 29. The van der Waals surface area contributed by atoms with Crippen molar-refractivity contribution in [2.45, 2.75) is 173 Å². The number of unbranched alkanes of at least 4 members (excludes halogenated alkanes) is 14. The van der Waals surface area contributed by atoms with Gasteiger partial charge < -0.3 is 14.6 Å². The molecule has 0 amide bonds. The lowest BCUT2D eigenvalue weighted by Gasteiger charge is -2.26. The number of hydrogen-bond donors (Lipinski definition) is 2. The smallest absolute Gasteiger partial charge is 0.453 e. The zero-order valence-electron chi connectivity index (χ0n) is 27.4. The van der Waals surface area contributed by atoms with Crippen molar-refractivity contribution in [2.24, 2.45) is 5.92 Å². The van der Waals surface area contributed by atoms with Crippen molar-refractivity contribution in [3.8, 4) is 0 Å². The molecule has 0 aliphatic rings. The monoisotopic (exact) mass is 641 g/mol. The fraction of sp³-hybridized carbons (Fsp3) is 0.800. The van der Waals surface area contributed by atoms with Crippen molar-refractivity contribution in [1.29, 1.82) is 0 Å². The van der Waals surface area contributed by atoms with Gasteiger partial charge >= 0.3 is 20.0 Å². The van der Waals surface area contributed by atoms with E-state index in [2.05, 4.69) is 13.8 Å². The molecule has 0 bridgehead atoms. The summed E-state index contributed by atoms with van der Waals surface area (Å²) in [6, 6.07) is 9.10. The Balaban J connectivity index is 2.56. The van der Waals surface area contributed by atoms with Gasteiger partial charge in [-0.25, -0.2) is 4.79 Å². The Morgan fingerprint density at radius 3 is 1.77 bits per heavy atom. The summed E-state index contributed by atoms with van der Waals surface area (Å²) in [6.45, 7) is 6.28. The molecule has 0 radical (unpaired) electrons. The van der Waals surface area contributed by atoms with Gasteiger partial charge in [-0.15, -0.1) is 12.6 Å². The molecule has 5 atom stereocenters. The largest absolute Gasteiger partial charge is 0.472 e. The van der Waals surface area contributed by atoms with Crippen LogP contribution in [0.3, 0.4) is 0 Å². The second-order valence-corrected chi connectivity index (χ2v) is 13.4. The van der Waals surface area contributed by atoms with Crippen molar-refractivity contribution in [1.82, 2.24) is 0 Å². The highest BCUT2D eigenvalue weighted by Crippen LogP contribution is 2.30. The third kappa shape index (κ3) is 19.9. The quantitative estimate of drug-likeness (QED) is 0.0298. The van der Waals surface area contributed by atoms with Crippen molar-refractivity contribution in [3.63, 3.8) is 0 Å². The summed E-state index contributed by atoms with van der Waals surface area (Å²) >= 11 is 4.72. The van der Waals surface area contributed by atoms with Crippen LogP contribution >= 0.6 is 21.1 Å². The van der Waals surface area contributed by atoms with Crippen LogP contribution in [0.15, 0.2) is 30.3 Å². The molecule has 6 nitrogen and oxygen atoms in total. The minimum atomic E-state index is -2.59. The van der Waals surface area contributed by atoms with Gasteiger partial charge in [0.15, 0.2) is 6.29 Å². The topological polar surface area (TPSA) is 82.1 Å². The summed E-state index contributed by atoms with van der Waals surface area (Å²) in [7, 11) is -1.46. The molecule has 0 saturated carbocycles. The Hall–Kier alpha value is -0.980.